The zero-order valence-electron chi connectivity index (χ0n) is 19.3. The van der Waals surface area contributed by atoms with Crippen molar-refractivity contribution < 1.29 is 14.1 Å². The molecule has 8 heteroatoms. The first-order valence-corrected chi connectivity index (χ1v) is 12.0. The zero-order valence-corrected chi connectivity index (χ0v) is 20.1. The van der Waals surface area contributed by atoms with E-state index in [1.165, 1.54) is 5.56 Å². The molecule has 0 spiro atoms. The maximum atomic E-state index is 13.2. The number of amides is 2. The average Bonchev–Trinajstić information content (AvgIpc) is 3.48. The number of hydrogen-bond acceptors (Lipinski definition) is 5. The first-order chi connectivity index (χ1) is 16.4. The maximum Gasteiger partial charge on any atom is 0.230 e. The van der Waals surface area contributed by atoms with Crippen LogP contribution in [0, 0.1) is 19.8 Å². The molecular weight excluding hydrogens is 452 g/mol. The second kappa shape index (κ2) is 9.22. The van der Waals surface area contributed by atoms with Crippen molar-refractivity contribution in [1.29, 1.82) is 0 Å². The lowest BCUT2D eigenvalue weighted by molar-refractivity contribution is -0.136. The number of nitrogens with zero attached hydrogens (tertiary/aromatic N) is 4. The molecule has 1 aromatic heterocycles. The summed E-state index contributed by atoms with van der Waals surface area (Å²) in [5.74, 6) is 1.04. The van der Waals surface area contributed by atoms with E-state index in [0.29, 0.717) is 36.4 Å². The summed E-state index contributed by atoms with van der Waals surface area (Å²) in [5, 5.41) is 4.77. The smallest absolute Gasteiger partial charge is 0.230 e. The molecular formula is C26H27ClN4O3. The number of carbonyl (C=O) groups excluding carboxylic acids is 2. The summed E-state index contributed by atoms with van der Waals surface area (Å²) in [6.45, 7) is 5.77. The number of rotatable bonds is 4. The van der Waals surface area contributed by atoms with Crippen LogP contribution in [0.2, 0.25) is 5.02 Å². The van der Waals surface area contributed by atoms with Crippen LogP contribution < -0.4 is 4.90 Å². The Bertz CT molecular complexity index is 1220. The van der Waals surface area contributed by atoms with Crippen LogP contribution in [-0.4, -0.2) is 46.5 Å². The van der Waals surface area contributed by atoms with Crippen molar-refractivity contribution in [1.82, 2.24) is 15.0 Å². The van der Waals surface area contributed by atoms with Crippen LogP contribution in [0.4, 0.5) is 5.69 Å². The number of likely N-dealkylation sites (tertiary alicyclic amines) is 1. The highest BCUT2D eigenvalue weighted by atomic mass is 35.5. The zero-order chi connectivity index (χ0) is 23.8. The Labute approximate surface area is 203 Å². The van der Waals surface area contributed by atoms with Crippen molar-refractivity contribution in [2.24, 2.45) is 5.92 Å². The van der Waals surface area contributed by atoms with E-state index in [1.54, 1.807) is 17.0 Å². The molecule has 0 N–H and O–H groups in total. The molecule has 7 nitrogen and oxygen atoms in total. The second-order valence-electron chi connectivity index (χ2n) is 9.24. The molecule has 0 radical (unpaired) electrons. The molecule has 0 bridgehead atoms. The predicted octanol–water partition coefficient (Wildman–Crippen LogP) is 4.77. The van der Waals surface area contributed by atoms with Gasteiger partial charge in [-0.15, -0.1) is 0 Å². The van der Waals surface area contributed by atoms with Gasteiger partial charge >= 0.3 is 0 Å². The van der Waals surface area contributed by atoms with Crippen molar-refractivity contribution in [3.63, 3.8) is 0 Å². The Morgan fingerprint density at radius 3 is 2.50 bits per heavy atom. The van der Waals surface area contributed by atoms with Gasteiger partial charge in [0, 0.05) is 48.2 Å². The van der Waals surface area contributed by atoms with Crippen molar-refractivity contribution >= 4 is 29.1 Å². The summed E-state index contributed by atoms with van der Waals surface area (Å²) in [6, 6.07) is 13.3. The SMILES string of the molecule is Cc1ccc(N2CC(C(=O)N3CCC(c4nc(-c5ccc(Cl)cc5)no4)CC3)CC2=O)cc1C. The molecule has 1 atom stereocenters. The minimum absolute atomic E-state index is 0.0112. The monoisotopic (exact) mass is 478 g/mol. The Morgan fingerprint density at radius 1 is 1.06 bits per heavy atom. The number of halogens is 1. The average molecular weight is 479 g/mol. The van der Waals surface area contributed by atoms with Gasteiger partial charge in [0.05, 0.1) is 5.92 Å². The summed E-state index contributed by atoms with van der Waals surface area (Å²) in [4.78, 5) is 34.1. The van der Waals surface area contributed by atoms with E-state index < -0.39 is 0 Å². The number of aryl methyl sites for hydroxylation is 2. The third-order valence-corrected chi connectivity index (χ3v) is 7.23. The molecule has 2 fully saturated rings. The molecule has 2 saturated heterocycles. The van der Waals surface area contributed by atoms with E-state index >= 15 is 0 Å². The van der Waals surface area contributed by atoms with Gasteiger partial charge in [-0.2, -0.15) is 4.98 Å². The fourth-order valence-electron chi connectivity index (χ4n) is 4.74. The van der Waals surface area contributed by atoms with Crippen molar-refractivity contribution in [2.45, 2.75) is 39.0 Å². The van der Waals surface area contributed by atoms with Gasteiger partial charge in [-0.05, 0) is 74.2 Å². The number of aromatic nitrogens is 2. The summed E-state index contributed by atoms with van der Waals surface area (Å²) >= 11 is 5.95. The van der Waals surface area contributed by atoms with Crippen LogP contribution >= 0.6 is 11.6 Å². The highest BCUT2D eigenvalue weighted by molar-refractivity contribution is 6.30. The molecule has 1 unspecified atom stereocenters. The molecule has 5 rings (SSSR count). The number of carbonyl (C=O) groups is 2. The summed E-state index contributed by atoms with van der Waals surface area (Å²) < 4.78 is 5.53. The van der Waals surface area contributed by atoms with Gasteiger partial charge in [0.15, 0.2) is 0 Å². The normalized spacial score (nSPS) is 19.1. The lowest BCUT2D eigenvalue weighted by Gasteiger charge is -2.32. The number of piperidine rings is 1. The van der Waals surface area contributed by atoms with Crippen LogP contribution in [0.5, 0.6) is 0 Å². The quantitative estimate of drug-likeness (QED) is 0.539. The molecule has 2 aliphatic rings. The summed E-state index contributed by atoms with van der Waals surface area (Å²) in [5.41, 5.74) is 4.05. The molecule has 34 heavy (non-hydrogen) atoms. The molecule has 0 saturated carbocycles. The first kappa shape index (κ1) is 22.6. The van der Waals surface area contributed by atoms with Crippen molar-refractivity contribution in [2.75, 3.05) is 24.5 Å². The Balaban J connectivity index is 1.19. The van der Waals surface area contributed by atoms with E-state index in [4.69, 9.17) is 16.1 Å². The van der Waals surface area contributed by atoms with E-state index in [2.05, 4.69) is 10.1 Å². The van der Waals surface area contributed by atoms with Crippen LogP contribution in [0.25, 0.3) is 11.4 Å². The molecule has 0 aliphatic carbocycles. The van der Waals surface area contributed by atoms with E-state index in [9.17, 15) is 9.59 Å². The van der Waals surface area contributed by atoms with Crippen molar-refractivity contribution in [3.8, 4) is 11.4 Å². The fourth-order valence-corrected chi connectivity index (χ4v) is 4.86. The number of hydrogen-bond donors (Lipinski definition) is 0. The lowest BCUT2D eigenvalue weighted by Crippen LogP contribution is -2.42. The highest BCUT2D eigenvalue weighted by Crippen LogP contribution is 2.32. The van der Waals surface area contributed by atoms with Crippen LogP contribution in [-0.2, 0) is 9.59 Å². The Morgan fingerprint density at radius 2 is 1.79 bits per heavy atom. The van der Waals surface area contributed by atoms with Gasteiger partial charge in [0.1, 0.15) is 0 Å². The standard InChI is InChI=1S/C26H27ClN4O3/c1-16-3-8-22(13-17(16)2)31-15-20(14-23(31)32)26(33)30-11-9-19(10-12-30)25-28-24(29-34-25)18-4-6-21(27)7-5-18/h3-8,13,19-20H,9-12,14-15H2,1-2H3. The van der Waals surface area contributed by atoms with E-state index in [0.717, 1.165) is 29.7 Å². The minimum Gasteiger partial charge on any atom is -0.342 e. The third-order valence-electron chi connectivity index (χ3n) is 6.98. The largest absolute Gasteiger partial charge is 0.342 e. The first-order valence-electron chi connectivity index (χ1n) is 11.6. The van der Waals surface area contributed by atoms with Gasteiger partial charge in [-0.25, -0.2) is 0 Å². The van der Waals surface area contributed by atoms with Gasteiger partial charge in [-0.3, -0.25) is 9.59 Å². The van der Waals surface area contributed by atoms with Gasteiger partial charge in [-0.1, -0.05) is 22.8 Å². The minimum atomic E-state index is -0.300. The number of anilines is 1. The lowest BCUT2D eigenvalue weighted by atomic mass is 9.95. The maximum absolute atomic E-state index is 13.2. The van der Waals surface area contributed by atoms with Gasteiger partial charge < -0.3 is 14.3 Å². The molecule has 2 aromatic carbocycles. The third kappa shape index (κ3) is 4.44. The van der Waals surface area contributed by atoms with Crippen molar-refractivity contribution in [3.05, 3.63) is 64.5 Å². The second-order valence-corrected chi connectivity index (χ2v) is 9.67. The van der Waals surface area contributed by atoms with Crippen LogP contribution in [0.15, 0.2) is 47.0 Å². The van der Waals surface area contributed by atoms with Gasteiger partial charge in [0.2, 0.25) is 23.5 Å². The van der Waals surface area contributed by atoms with E-state index in [-0.39, 0.29) is 30.1 Å². The molecule has 2 amide bonds. The Hall–Kier alpha value is -3.19. The van der Waals surface area contributed by atoms with Crippen LogP contribution in [0.3, 0.4) is 0 Å². The molecule has 3 aromatic rings. The molecule has 2 aliphatic heterocycles. The highest BCUT2D eigenvalue weighted by Gasteiger charge is 2.38. The molecule has 176 valence electrons. The van der Waals surface area contributed by atoms with E-state index in [1.807, 2.05) is 49.1 Å². The van der Waals surface area contributed by atoms with Crippen LogP contribution in [0.1, 0.15) is 42.2 Å². The van der Waals surface area contributed by atoms with Gasteiger partial charge in [0.25, 0.3) is 0 Å². The Kier molecular flexibility index (Phi) is 6.13. The molecule has 3 heterocycles. The predicted molar refractivity (Wildman–Crippen MR) is 130 cm³/mol. The fraction of sp³-hybridized carbons (Fsp3) is 0.385. The topological polar surface area (TPSA) is 79.5 Å². The number of benzene rings is 2. The summed E-state index contributed by atoms with van der Waals surface area (Å²) in [7, 11) is 0. The summed E-state index contributed by atoms with van der Waals surface area (Å²) in [6.07, 6.45) is 1.78.